The molecule has 0 bridgehead atoms. The molecule has 4 unspecified atom stereocenters. The lowest BCUT2D eigenvalue weighted by atomic mass is 9.44. The van der Waals surface area contributed by atoms with Crippen molar-refractivity contribution in [3.63, 3.8) is 0 Å². The topological polar surface area (TPSA) is 42.0 Å². The van der Waals surface area contributed by atoms with Gasteiger partial charge in [-0.25, -0.2) is 0 Å². The van der Waals surface area contributed by atoms with Crippen LogP contribution in [0.15, 0.2) is 30.6 Å². The molecule has 4 aliphatic rings. The zero-order chi connectivity index (χ0) is 22.7. The monoisotopic (exact) mass is 434 g/mol. The molecule has 1 heterocycles. The van der Waals surface area contributed by atoms with E-state index in [1.165, 1.54) is 50.5 Å². The Balaban J connectivity index is 1.32. The number of fused-ring (bicyclic) bond motifs is 5. The summed E-state index contributed by atoms with van der Waals surface area (Å²) in [6, 6.07) is 4.71. The molecule has 7 atom stereocenters. The summed E-state index contributed by atoms with van der Waals surface area (Å²) in [6.07, 6.45) is 16.8. The van der Waals surface area contributed by atoms with Crippen molar-refractivity contribution in [3.8, 4) is 0 Å². The predicted octanol–water partition coefficient (Wildman–Crippen LogP) is 6.65. The van der Waals surface area contributed by atoms with Gasteiger partial charge in [-0.2, -0.15) is 0 Å². The quantitative estimate of drug-likeness (QED) is 0.566. The molecular formula is C29H42N2O. The van der Waals surface area contributed by atoms with E-state index in [0.29, 0.717) is 16.9 Å². The fourth-order valence-electron chi connectivity index (χ4n) is 8.33. The van der Waals surface area contributed by atoms with Gasteiger partial charge >= 0.3 is 0 Å². The van der Waals surface area contributed by atoms with Gasteiger partial charge < -0.3 is 5.32 Å². The molecule has 1 aromatic rings. The van der Waals surface area contributed by atoms with Crippen LogP contribution in [0.1, 0.15) is 91.5 Å². The van der Waals surface area contributed by atoms with E-state index in [9.17, 15) is 4.79 Å². The Labute approximate surface area is 194 Å². The SMILES string of the molecule is CC(C)(C)C(=O)N[C@@H]1CC[C@@]2(C)C(CCC3C2CC[C@]2(C)C(c4cccnc4)=CCC32)C1. The lowest BCUT2D eigenvalue weighted by molar-refractivity contribution is -0.132. The summed E-state index contributed by atoms with van der Waals surface area (Å²) < 4.78 is 0. The largest absolute Gasteiger partial charge is 0.353 e. The Hall–Kier alpha value is -1.64. The molecule has 3 saturated carbocycles. The van der Waals surface area contributed by atoms with E-state index in [1.54, 1.807) is 5.57 Å². The molecule has 0 aromatic carbocycles. The Morgan fingerprint density at radius 2 is 1.91 bits per heavy atom. The van der Waals surface area contributed by atoms with E-state index in [1.807, 2.05) is 27.0 Å². The van der Waals surface area contributed by atoms with E-state index in [0.717, 1.165) is 30.1 Å². The van der Waals surface area contributed by atoms with Crippen molar-refractivity contribution < 1.29 is 4.79 Å². The number of hydrogen-bond acceptors (Lipinski definition) is 2. The summed E-state index contributed by atoms with van der Waals surface area (Å²) in [4.78, 5) is 17.0. The highest BCUT2D eigenvalue weighted by molar-refractivity contribution is 5.81. The van der Waals surface area contributed by atoms with Crippen molar-refractivity contribution >= 4 is 11.5 Å². The highest BCUT2D eigenvalue weighted by Crippen LogP contribution is 2.67. The Morgan fingerprint density at radius 1 is 1.09 bits per heavy atom. The molecular weight excluding hydrogens is 392 g/mol. The van der Waals surface area contributed by atoms with Crippen LogP contribution in [0.2, 0.25) is 0 Å². The highest BCUT2D eigenvalue weighted by Gasteiger charge is 2.58. The number of allylic oxidation sites excluding steroid dienone is 2. The van der Waals surface area contributed by atoms with Crippen LogP contribution in [0.3, 0.4) is 0 Å². The number of carbonyl (C=O) groups is 1. The van der Waals surface area contributed by atoms with Crippen molar-refractivity contribution in [3.05, 3.63) is 36.2 Å². The normalized spacial score (nSPS) is 41.2. The van der Waals surface area contributed by atoms with Crippen molar-refractivity contribution in [2.75, 3.05) is 0 Å². The van der Waals surface area contributed by atoms with Crippen LogP contribution in [0.25, 0.3) is 5.57 Å². The fourth-order valence-corrected chi connectivity index (χ4v) is 8.33. The maximum atomic E-state index is 12.6. The predicted molar refractivity (Wildman–Crippen MR) is 131 cm³/mol. The summed E-state index contributed by atoms with van der Waals surface area (Å²) in [7, 11) is 0. The van der Waals surface area contributed by atoms with Crippen LogP contribution in [0.4, 0.5) is 0 Å². The van der Waals surface area contributed by atoms with Crippen molar-refractivity contribution in [2.24, 2.45) is 39.9 Å². The second-order valence-electron chi connectivity index (χ2n) is 12.9. The first-order valence-electron chi connectivity index (χ1n) is 13.0. The molecule has 3 nitrogen and oxygen atoms in total. The van der Waals surface area contributed by atoms with Crippen LogP contribution in [-0.4, -0.2) is 16.9 Å². The molecule has 0 aliphatic heterocycles. The molecule has 1 aromatic heterocycles. The number of nitrogens with one attached hydrogen (secondary N) is 1. The van der Waals surface area contributed by atoms with E-state index < -0.39 is 0 Å². The van der Waals surface area contributed by atoms with Crippen molar-refractivity contribution in [1.82, 2.24) is 10.3 Å². The second-order valence-corrected chi connectivity index (χ2v) is 12.9. The van der Waals surface area contributed by atoms with Crippen molar-refractivity contribution in [1.29, 1.82) is 0 Å². The third-order valence-corrected chi connectivity index (χ3v) is 10.2. The smallest absolute Gasteiger partial charge is 0.225 e. The van der Waals surface area contributed by atoms with E-state index >= 15 is 0 Å². The highest BCUT2D eigenvalue weighted by atomic mass is 16.2. The second kappa shape index (κ2) is 7.71. The molecule has 0 saturated heterocycles. The molecule has 1 N–H and O–H groups in total. The van der Waals surface area contributed by atoms with Crippen LogP contribution < -0.4 is 5.32 Å². The first-order chi connectivity index (χ1) is 15.1. The molecule has 0 radical (unpaired) electrons. The molecule has 0 spiro atoms. The molecule has 5 rings (SSSR count). The zero-order valence-electron chi connectivity index (χ0n) is 20.8. The number of hydrogen-bond donors (Lipinski definition) is 1. The Kier molecular flexibility index (Phi) is 5.34. The van der Waals surface area contributed by atoms with Gasteiger partial charge in [0.25, 0.3) is 0 Å². The van der Waals surface area contributed by atoms with Gasteiger partial charge in [0.2, 0.25) is 5.91 Å². The Bertz CT molecular complexity index is 899. The van der Waals surface area contributed by atoms with Gasteiger partial charge in [-0.15, -0.1) is 0 Å². The molecule has 3 heteroatoms. The molecule has 4 aliphatic carbocycles. The summed E-state index contributed by atoms with van der Waals surface area (Å²) in [5.74, 6) is 3.46. The molecule has 174 valence electrons. The van der Waals surface area contributed by atoms with E-state index in [-0.39, 0.29) is 11.3 Å². The fraction of sp³-hybridized carbons (Fsp3) is 0.724. The lowest BCUT2D eigenvalue weighted by Crippen LogP contribution is -2.55. The number of rotatable bonds is 2. The number of amides is 1. The minimum absolute atomic E-state index is 0.216. The summed E-state index contributed by atoms with van der Waals surface area (Å²) in [5, 5.41) is 3.39. The van der Waals surface area contributed by atoms with E-state index in [4.69, 9.17) is 0 Å². The summed E-state index contributed by atoms with van der Waals surface area (Å²) in [6.45, 7) is 11.2. The number of pyridine rings is 1. The number of nitrogens with zero attached hydrogens (tertiary/aromatic N) is 1. The van der Waals surface area contributed by atoms with Crippen LogP contribution in [0, 0.1) is 39.9 Å². The molecule has 3 fully saturated rings. The third kappa shape index (κ3) is 3.46. The third-order valence-electron chi connectivity index (χ3n) is 10.2. The lowest BCUT2D eigenvalue weighted by Gasteiger charge is -2.61. The van der Waals surface area contributed by atoms with Gasteiger partial charge in [0.1, 0.15) is 0 Å². The molecule has 32 heavy (non-hydrogen) atoms. The van der Waals surface area contributed by atoms with Crippen LogP contribution in [-0.2, 0) is 4.79 Å². The first kappa shape index (κ1) is 22.2. The van der Waals surface area contributed by atoms with E-state index in [2.05, 4.69) is 48.6 Å². The average molecular weight is 435 g/mol. The molecule has 1 amide bonds. The Morgan fingerprint density at radius 3 is 2.62 bits per heavy atom. The zero-order valence-corrected chi connectivity index (χ0v) is 20.8. The minimum atomic E-state index is -0.298. The van der Waals surface area contributed by atoms with Gasteiger partial charge in [-0.3, -0.25) is 9.78 Å². The van der Waals surface area contributed by atoms with Gasteiger partial charge in [0.05, 0.1) is 0 Å². The van der Waals surface area contributed by atoms with Gasteiger partial charge in [0, 0.05) is 23.9 Å². The average Bonchev–Trinajstić information content (AvgIpc) is 3.11. The maximum Gasteiger partial charge on any atom is 0.225 e. The maximum absolute atomic E-state index is 12.6. The van der Waals surface area contributed by atoms with Crippen LogP contribution in [0.5, 0.6) is 0 Å². The minimum Gasteiger partial charge on any atom is -0.353 e. The summed E-state index contributed by atoms with van der Waals surface area (Å²) in [5.41, 5.74) is 3.37. The first-order valence-corrected chi connectivity index (χ1v) is 13.0. The van der Waals surface area contributed by atoms with Crippen LogP contribution >= 0.6 is 0 Å². The van der Waals surface area contributed by atoms with Gasteiger partial charge in [-0.1, -0.05) is 46.8 Å². The van der Waals surface area contributed by atoms with Gasteiger partial charge in [0.15, 0.2) is 0 Å². The standard InChI is InChI=1S/C29H42N2O/c1-27(2,3)26(32)31-21-12-14-28(4)20(17-21)8-9-22-24-11-10-23(19-7-6-16-30-18-19)29(24,5)15-13-25(22)28/h6-7,10,16,18,20-22,24-25H,8-9,11-15,17H2,1-5H3,(H,31,32)/t20?,21-,22?,24?,25?,28+,29-/m1/s1. The summed E-state index contributed by atoms with van der Waals surface area (Å²) >= 11 is 0. The number of carbonyl (C=O) groups excluding carboxylic acids is 1. The number of aromatic nitrogens is 1. The van der Waals surface area contributed by atoms with Crippen molar-refractivity contribution in [2.45, 2.75) is 92.0 Å². The van der Waals surface area contributed by atoms with Gasteiger partial charge in [-0.05, 0) is 103 Å².